The summed E-state index contributed by atoms with van der Waals surface area (Å²) in [5.74, 6) is 0.549. The Morgan fingerprint density at radius 3 is 2.31 bits per heavy atom. The Labute approximate surface area is 369 Å². The zero-order valence-corrected chi connectivity index (χ0v) is 38.5. The van der Waals surface area contributed by atoms with Crippen LogP contribution in [0.5, 0.6) is 0 Å². The molecule has 0 saturated carbocycles. The van der Waals surface area contributed by atoms with E-state index in [1.807, 2.05) is 54.4 Å². The molecule has 1 aliphatic heterocycles. The third-order valence-electron chi connectivity index (χ3n) is 11.3. The van der Waals surface area contributed by atoms with Gasteiger partial charge in [0.2, 0.25) is 0 Å². The van der Waals surface area contributed by atoms with Crippen LogP contribution < -0.4 is 14.9 Å². The minimum Gasteiger partial charge on any atom is -0.395 e. The number of sulfone groups is 1. The number of nitrogens with zero attached hydrogens (tertiary/aromatic N) is 3. The zero-order chi connectivity index (χ0) is 44.4. The highest BCUT2D eigenvalue weighted by atomic mass is 32.2. The number of carbonyl (C=O) groups is 1. The molecule has 1 fully saturated rings. The molecule has 1 aliphatic carbocycles. The van der Waals surface area contributed by atoms with Crippen LogP contribution >= 0.6 is 23.7 Å². The average molecular weight is 902 g/mol. The van der Waals surface area contributed by atoms with Crippen molar-refractivity contribution in [1.29, 1.82) is 0 Å². The normalized spacial score (nSPS) is 16.9. The van der Waals surface area contributed by atoms with Crippen molar-refractivity contribution in [3.8, 4) is 0 Å². The lowest BCUT2D eigenvalue weighted by atomic mass is 9.71. The number of aliphatic hydroxyl groups excluding tert-OH is 1. The smallest absolute Gasteiger partial charge is 0.395 e. The van der Waals surface area contributed by atoms with E-state index in [0.717, 1.165) is 80.6 Å². The molecule has 15 heteroatoms. The Hall–Kier alpha value is -3.47. The molecule has 1 amide bonds. The molecule has 5 rings (SSSR count). The van der Waals surface area contributed by atoms with Gasteiger partial charge in [-0.05, 0) is 129 Å². The van der Waals surface area contributed by atoms with Gasteiger partial charge in [0.1, 0.15) is 4.90 Å². The van der Waals surface area contributed by atoms with Crippen LogP contribution in [0.2, 0.25) is 0 Å². The van der Waals surface area contributed by atoms with Gasteiger partial charge < -0.3 is 20.2 Å². The Kier molecular flexibility index (Phi) is 17.3. The molecule has 3 aromatic carbocycles. The van der Waals surface area contributed by atoms with Gasteiger partial charge in [-0.1, -0.05) is 63.6 Å². The molecule has 0 bridgehead atoms. The van der Waals surface area contributed by atoms with E-state index < -0.39 is 32.2 Å². The van der Waals surface area contributed by atoms with E-state index in [9.17, 15) is 31.5 Å². The predicted octanol–water partition coefficient (Wildman–Crippen LogP) is 9.54. The molecule has 1 unspecified atom stereocenters. The number of amides is 1. The summed E-state index contributed by atoms with van der Waals surface area (Å²) in [6.07, 6.45) is 4.87. The maximum Gasteiger partial charge on any atom is 0.501 e. The van der Waals surface area contributed by atoms with Crippen molar-refractivity contribution in [2.75, 3.05) is 75.4 Å². The minimum absolute atomic E-state index is 0.0466. The summed E-state index contributed by atoms with van der Waals surface area (Å²) < 4.78 is 70.7. The summed E-state index contributed by atoms with van der Waals surface area (Å²) in [5.41, 5.74) is 0.233. The van der Waals surface area contributed by atoms with E-state index in [1.165, 1.54) is 47.0 Å². The van der Waals surface area contributed by atoms with Gasteiger partial charge in [-0.2, -0.15) is 13.2 Å². The molecule has 0 aromatic heterocycles. The molecule has 61 heavy (non-hydrogen) atoms. The van der Waals surface area contributed by atoms with Crippen LogP contribution in [0, 0.1) is 11.3 Å². The van der Waals surface area contributed by atoms with E-state index in [2.05, 4.69) is 54.1 Å². The Morgan fingerprint density at radius 1 is 0.984 bits per heavy atom. The number of thioether (sulfide) groups is 1. The minimum atomic E-state index is -5.77. The molecule has 2 aliphatic rings. The summed E-state index contributed by atoms with van der Waals surface area (Å²) in [5, 5.41) is 12.4. The molecule has 3 N–H and O–H groups in total. The Bertz CT molecular complexity index is 2070. The lowest BCUT2D eigenvalue weighted by molar-refractivity contribution is -0.0435. The van der Waals surface area contributed by atoms with Crippen molar-refractivity contribution in [1.82, 2.24) is 14.5 Å². The number of rotatable bonds is 20. The van der Waals surface area contributed by atoms with Crippen molar-refractivity contribution in [3.63, 3.8) is 0 Å². The van der Waals surface area contributed by atoms with Crippen LogP contribution in [0.15, 0.2) is 111 Å². The van der Waals surface area contributed by atoms with Crippen molar-refractivity contribution < 1.29 is 31.5 Å². The number of nitrogens with one attached hydrogen (secondary N) is 2. The number of anilines is 2. The lowest BCUT2D eigenvalue weighted by Gasteiger charge is -2.39. The van der Waals surface area contributed by atoms with E-state index in [0.29, 0.717) is 42.2 Å². The van der Waals surface area contributed by atoms with Crippen LogP contribution in [-0.4, -0.2) is 106 Å². The fourth-order valence-corrected chi connectivity index (χ4v) is 10.4. The second-order valence-corrected chi connectivity index (χ2v) is 21.2. The number of hydrogen-bond acceptors (Lipinski definition) is 10. The second-order valence-electron chi connectivity index (χ2n) is 17.4. The molecule has 1 heterocycles. The fourth-order valence-electron chi connectivity index (χ4n) is 7.74. The number of carbonyl (C=O) groups excluding carboxylic acids is 1. The van der Waals surface area contributed by atoms with Gasteiger partial charge in [0, 0.05) is 72.1 Å². The first-order chi connectivity index (χ1) is 28.8. The number of aliphatic hydroxyl groups is 1. The molecule has 0 radical (unpaired) electrons. The Morgan fingerprint density at radius 2 is 1.67 bits per heavy atom. The summed E-state index contributed by atoms with van der Waals surface area (Å²) >= 11 is 2.25. The summed E-state index contributed by atoms with van der Waals surface area (Å²) in [4.78, 5) is 20.1. The van der Waals surface area contributed by atoms with Crippen molar-refractivity contribution in [2.24, 2.45) is 11.3 Å². The molecule has 1 saturated heterocycles. The van der Waals surface area contributed by atoms with Crippen LogP contribution in [0.3, 0.4) is 0 Å². The number of hydrogen-bond donors (Lipinski definition) is 3. The van der Waals surface area contributed by atoms with Crippen molar-refractivity contribution >= 4 is 50.8 Å². The third-order valence-corrected chi connectivity index (χ3v) is 14.7. The van der Waals surface area contributed by atoms with Gasteiger partial charge in [0.25, 0.3) is 15.7 Å². The molecule has 334 valence electrons. The molecular formula is C46H62F3N5O4S3. The topological polar surface area (TPSA) is 105 Å². The molecule has 1 atom stereocenters. The van der Waals surface area contributed by atoms with Crippen LogP contribution in [0.25, 0.3) is 0 Å². The number of alkyl halides is 3. The zero-order valence-electron chi connectivity index (χ0n) is 36.1. The van der Waals surface area contributed by atoms with Gasteiger partial charge >= 0.3 is 5.51 Å². The van der Waals surface area contributed by atoms with E-state index in [1.54, 1.807) is 12.1 Å². The van der Waals surface area contributed by atoms with Gasteiger partial charge in [0.15, 0.2) is 0 Å². The third kappa shape index (κ3) is 14.0. The number of benzene rings is 3. The number of halogens is 3. The summed E-state index contributed by atoms with van der Waals surface area (Å²) in [6, 6.07) is 20.1. The number of allylic oxidation sites excluding steroid dienone is 2. The fraction of sp³-hybridized carbons (Fsp3) is 0.500. The van der Waals surface area contributed by atoms with E-state index in [-0.39, 0.29) is 17.2 Å². The van der Waals surface area contributed by atoms with Crippen LogP contribution in [0.1, 0.15) is 70.2 Å². The maximum absolute atomic E-state index is 14.1. The summed E-state index contributed by atoms with van der Waals surface area (Å²) in [6.45, 7) is 19.1. The average Bonchev–Trinajstić information content (AvgIpc) is 3.22. The molecule has 3 aromatic rings. The predicted molar refractivity (Wildman–Crippen MR) is 245 cm³/mol. The summed E-state index contributed by atoms with van der Waals surface area (Å²) in [7, 11) is -3.94. The van der Waals surface area contributed by atoms with E-state index >= 15 is 0 Å². The standard InChI is InChI=1S/C46H62F3N5O4S3/c1-33(2)28-34(3)41-30-45(4,5)20-18-36(41)31-53-22-24-54(25-23-53)38-14-12-35(13-15-38)44(56)51-60-40-16-17-42(43(29-40)61(57,58)46(47,48)49)50-37(19-21-52(6)26-27-55)32-59-39-10-8-7-9-11-39/h7-17,29,33,37,50,55H,3,18-28,30-32H2,1-2,4-6H3,(H,51,56). The highest BCUT2D eigenvalue weighted by molar-refractivity contribution is 7.99. The first kappa shape index (κ1) is 48.6. The maximum atomic E-state index is 14.1. The molecule has 0 spiro atoms. The number of piperazine rings is 1. The van der Waals surface area contributed by atoms with Gasteiger partial charge in [-0.25, -0.2) is 8.42 Å². The quantitative estimate of drug-likeness (QED) is 0.0751. The van der Waals surface area contributed by atoms with Crippen molar-refractivity contribution in [3.05, 3.63) is 102 Å². The van der Waals surface area contributed by atoms with Gasteiger partial charge in [-0.3, -0.25) is 14.4 Å². The number of likely N-dealkylation sites (N-methyl/N-ethyl adjacent to an activating group) is 1. The van der Waals surface area contributed by atoms with Gasteiger partial charge in [-0.15, -0.1) is 11.8 Å². The monoisotopic (exact) mass is 901 g/mol. The SMILES string of the molecule is C=C(CC(C)C)C1=C(CN2CCN(c3ccc(C(=O)NSc4ccc(NC(CCN(C)CCO)CSc5ccccc5)c(S(=O)(=O)C(F)(F)F)c4)cc3)CC2)CCC(C)(C)C1. The highest BCUT2D eigenvalue weighted by Gasteiger charge is 2.48. The van der Waals surface area contributed by atoms with E-state index in [4.69, 9.17) is 0 Å². The first-order valence-corrected chi connectivity index (χ1v) is 24.3. The molecular weight excluding hydrogens is 840 g/mol. The Balaban J connectivity index is 1.21. The van der Waals surface area contributed by atoms with Crippen LogP contribution in [-0.2, 0) is 9.84 Å². The van der Waals surface area contributed by atoms with Crippen molar-refractivity contribution in [2.45, 2.75) is 86.0 Å². The first-order valence-electron chi connectivity index (χ1n) is 21.0. The largest absolute Gasteiger partial charge is 0.501 e. The van der Waals surface area contributed by atoms with Crippen LogP contribution in [0.4, 0.5) is 24.5 Å². The molecule has 9 nitrogen and oxygen atoms in total. The van der Waals surface area contributed by atoms with Gasteiger partial charge in [0.05, 0.1) is 12.3 Å². The lowest BCUT2D eigenvalue weighted by Crippen LogP contribution is -2.47. The highest BCUT2D eigenvalue weighted by Crippen LogP contribution is 2.43. The second kappa shape index (κ2) is 21.7.